The zero-order valence-corrected chi connectivity index (χ0v) is 25.0. The highest BCUT2D eigenvalue weighted by atomic mass is 32.2. The monoisotopic (exact) mass is 606 g/mol. The van der Waals surface area contributed by atoms with E-state index in [2.05, 4.69) is 9.71 Å². The lowest BCUT2D eigenvalue weighted by molar-refractivity contribution is -0.132. The maximum Gasteiger partial charge on any atom is 0.246 e. The maximum atomic E-state index is 14.0. The lowest BCUT2D eigenvalue weighted by Gasteiger charge is -2.33. The lowest BCUT2D eigenvalue weighted by Crippen LogP contribution is -2.50. The summed E-state index contributed by atoms with van der Waals surface area (Å²) in [5.41, 5.74) is -0.827. The van der Waals surface area contributed by atoms with E-state index in [1.54, 1.807) is 20.8 Å². The first-order chi connectivity index (χ1) is 18.8. The van der Waals surface area contributed by atoms with Gasteiger partial charge in [0.15, 0.2) is 20.9 Å². The number of amides is 2. The number of benzene rings is 2. The molecule has 2 unspecified atom stereocenters. The summed E-state index contributed by atoms with van der Waals surface area (Å²) in [7, 11) is -5.67. The number of nitrogens with one attached hydrogen (secondary N) is 1. The fourth-order valence-electron chi connectivity index (χ4n) is 5.15. The van der Waals surface area contributed by atoms with Crippen LogP contribution in [0.4, 0.5) is 15.8 Å². The highest BCUT2D eigenvalue weighted by molar-refractivity contribution is 7.94. The summed E-state index contributed by atoms with van der Waals surface area (Å²) >= 11 is 0. The Morgan fingerprint density at radius 3 is 2.24 bits per heavy atom. The molecule has 0 bridgehead atoms. The lowest BCUT2D eigenvalue weighted by atomic mass is 9.81. The molecule has 0 radical (unpaired) electrons. The van der Waals surface area contributed by atoms with E-state index in [9.17, 15) is 35.6 Å². The predicted molar refractivity (Wildman–Crippen MR) is 150 cm³/mol. The third-order valence-electron chi connectivity index (χ3n) is 6.84. The fourth-order valence-corrected chi connectivity index (χ4v) is 7.64. The summed E-state index contributed by atoms with van der Waals surface area (Å²) in [6.07, 6.45) is 0.899. The van der Waals surface area contributed by atoms with Crippen LogP contribution in [0.2, 0.25) is 0 Å². The van der Waals surface area contributed by atoms with Gasteiger partial charge in [-0.15, -0.1) is 0 Å². The van der Waals surface area contributed by atoms with Gasteiger partial charge in [0.2, 0.25) is 21.8 Å². The van der Waals surface area contributed by atoms with Crippen molar-refractivity contribution in [2.24, 2.45) is 16.3 Å². The molecule has 0 spiro atoms. The molecular weight excluding hydrogens is 575 g/mol. The van der Waals surface area contributed by atoms with Crippen LogP contribution in [0.3, 0.4) is 0 Å². The zero-order valence-electron chi connectivity index (χ0n) is 23.4. The number of likely N-dealkylation sites (tertiary alicyclic amines) is 1. The molecule has 0 aromatic heterocycles. The van der Waals surface area contributed by atoms with Crippen LogP contribution in [-0.4, -0.2) is 81.6 Å². The molecule has 3 atom stereocenters. The topological polar surface area (TPSA) is 150 Å². The summed E-state index contributed by atoms with van der Waals surface area (Å²) < 4.78 is 67.1. The number of carbonyl (C=O) groups excluding carboxylic acids is 3. The average molecular weight is 607 g/mol. The second-order valence-corrected chi connectivity index (χ2v) is 15.2. The number of nitrogens with zero attached hydrogens (tertiary/aromatic N) is 3. The smallest absolute Gasteiger partial charge is 0.246 e. The molecule has 2 aliphatic heterocycles. The van der Waals surface area contributed by atoms with Gasteiger partial charge in [0, 0.05) is 26.3 Å². The molecule has 4 rings (SSSR count). The van der Waals surface area contributed by atoms with Crippen molar-refractivity contribution < 1.29 is 35.6 Å². The zero-order chi connectivity index (χ0) is 30.7. The third kappa shape index (κ3) is 5.75. The van der Waals surface area contributed by atoms with Crippen molar-refractivity contribution in [1.29, 1.82) is 0 Å². The molecule has 1 fully saturated rings. The predicted octanol–water partition coefficient (Wildman–Crippen LogP) is 2.16. The molecule has 11 nitrogen and oxygen atoms in total. The van der Waals surface area contributed by atoms with Crippen molar-refractivity contribution in [3.63, 3.8) is 0 Å². The van der Waals surface area contributed by atoms with Crippen molar-refractivity contribution in [3.05, 3.63) is 53.8 Å². The number of sulfone groups is 1. The molecule has 2 aromatic carbocycles. The van der Waals surface area contributed by atoms with Crippen molar-refractivity contribution in [3.8, 4) is 0 Å². The Morgan fingerprint density at radius 1 is 1.10 bits per heavy atom. The number of aliphatic imine (C=N–C) groups is 1. The van der Waals surface area contributed by atoms with E-state index in [1.807, 2.05) is 0 Å². The largest absolute Gasteiger partial charge is 0.347 e. The Balaban J connectivity index is 1.89. The molecule has 1 saturated heterocycles. The Kier molecular flexibility index (Phi) is 7.63. The number of ketones is 1. The number of Topliss-reactive ketones (excluding diaryl/α,β-unsaturated/α-hetero) is 1. The minimum absolute atomic E-state index is 0.0489. The molecular formula is C27H31FN4O7S2. The first-order valence-corrected chi connectivity index (χ1v) is 16.0. The molecule has 0 saturated carbocycles. The van der Waals surface area contributed by atoms with Gasteiger partial charge in [-0.3, -0.25) is 24.1 Å². The normalized spacial score (nSPS) is 22.3. The second kappa shape index (κ2) is 10.3. The number of sulfonamides is 1. The van der Waals surface area contributed by atoms with E-state index in [4.69, 9.17) is 0 Å². The van der Waals surface area contributed by atoms with Crippen LogP contribution in [0.5, 0.6) is 0 Å². The van der Waals surface area contributed by atoms with E-state index in [1.165, 1.54) is 55.4 Å². The Morgan fingerprint density at radius 2 is 1.71 bits per heavy atom. The third-order valence-corrected chi connectivity index (χ3v) is 9.45. The van der Waals surface area contributed by atoms with Crippen LogP contribution in [0.15, 0.2) is 52.4 Å². The molecule has 220 valence electrons. The Hall–Kier alpha value is -3.65. The van der Waals surface area contributed by atoms with Gasteiger partial charge in [-0.05, 0) is 41.3 Å². The van der Waals surface area contributed by atoms with Crippen molar-refractivity contribution >= 4 is 54.5 Å². The second-order valence-electron chi connectivity index (χ2n) is 11.4. The molecule has 2 aliphatic rings. The number of carbonyl (C=O) groups is 3. The van der Waals surface area contributed by atoms with E-state index in [0.717, 1.165) is 17.2 Å². The van der Waals surface area contributed by atoms with E-state index in [0.29, 0.717) is 5.56 Å². The van der Waals surface area contributed by atoms with Gasteiger partial charge in [-0.1, -0.05) is 32.9 Å². The van der Waals surface area contributed by atoms with Crippen LogP contribution >= 0.6 is 0 Å². The fraction of sp³-hybridized carbons (Fsp3) is 0.407. The van der Waals surface area contributed by atoms with Gasteiger partial charge in [0.05, 0.1) is 28.6 Å². The van der Waals surface area contributed by atoms with E-state index >= 15 is 0 Å². The van der Waals surface area contributed by atoms with Crippen LogP contribution in [-0.2, 0) is 40.8 Å². The minimum Gasteiger partial charge on any atom is -0.347 e. The van der Waals surface area contributed by atoms with Gasteiger partial charge < -0.3 is 9.80 Å². The van der Waals surface area contributed by atoms with E-state index in [-0.39, 0.29) is 17.9 Å². The molecule has 2 heterocycles. The Bertz CT molecular complexity index is 1680. The number of hydrogen-bond acceptors (Lipinski definition) is 8. The Labute approximate surface area is 238 Å². The minimum atomic E-state index is -4.59. The molecule has 1 N–H and O–H groups in total. The van der Waals surface area contributed by atoms with E-state index < -0.39 is 76.5 Å². The summed E-state index contributed by atoms with van der Waals surface area (Å²) in [6, 6.07) is 8.04. The summed E-state index contributed by atoms with van der Waals surface area (Å²) in [5, 5.41) is -2.00. The summed E-state index contributed by atoms with van der Waals surface area (Å²) in [4.78, 5) is 47.7. The molecule has 0 aliphatic carbocycles. The quantitative estimate of drug-likeness (QED) is 0.495. The molecule has 14 heteroatoms. The van der Waals surface area contributed by atoms with Crippen LogP contribution in [0.1, 0.15) is 26.3 Å². The van der Waals surface area contributed by atoms with Crippen molar-refractivity contribution in [2.75, 3.05) is 25.1 Å². The molecule has 41 heavy (non-hydrogen) atoms. The highest BCUT2D eigenvalue weighted by Crippen LogP contribution is 2.42. The highest BCUT2D eigenvalue weighted by Gasteiger charge is 2.58. The van der Waals surface area contributed by atoms with Gasteiger partial charge in [-0.25, -0.2) is 21.2 Å². The van der Waals surface area contributed by atoms with Crippen LogP contribution in [0, 0.1) is 17.2 Å². The van der Waals surface area contributed by atoms with Crippen LogP contribution in [0.25, 0.3) is 0 Å². The average Bonchev–Trinajstić information content (AvgIpc) is 3.08. The number of fused-ring (bicyclic) bond motifs is 1. The van der Waals surface area contributed by atoms with Crippen molar-refractivity contribution in [2.45, 2.75) is 43.5 Å². The summed E-state index contributed by atoms with van der Waals surface area (Å²) in [5.74, 6) is -4.37. The van der Waals surface area contributed by atoms with Gasteiger partial charge in [0.1, 0.15) is 11.7 Å². The summed E-state index contributed by atoms with van der Waals surface area (Å²) in [6.45, 7) is 5.23. The number of rotatable bonds is 6. The molecule has 2 amide bonds. The van der Waals surface area contributed by atoms with Gasteiger partial charge >= 0.3 is 0 Å². The maximum absolute atomic E-state index is 14.0. The van der Waals surface area contributed by atoms with Gasteiger partial charge in [0.25, 0.3) is 0 Å². The number of anilines is 1. The molecule has 2 aromatic rings. The standard InChI is InChI=1S/C27H31FN4O7S2/c1-27(2,3)24-22(33)20(25(34)32(24)14-15-7-9-16(28)10-8-15)21-23(26(35)31(4)5)41(38,39)19-13-17(30-40(6,36)37)11-12-18(19)29-21/h7-13,20,23-24,30H,14H2,1-6H3/t20?,23?,24-/m1/s1. The first-order valence-electron chi connectivity index (χ1n) is 12.6. The SMILES string of the molecule is CN(C)C(=O)C1C(C2C(=O)[C@H](C(C)(C)C)N(Cc3ccc(F)cc3)C2=O)=Nc2ccc(NS(C)(=O)=O)cc2S1(=O)=O. The van der Waals surface area contributed by atoms with Crippen molar-refractivity contribution in [1.82, 2.24) is 9.80 Å². The number of halogens is 1. The number of hydrogen-bond donors (Lipinski definition) is 1. The van der Waals surface area contributed by atoms with Gasteiger partial charge in [-0.2, -0.15) is 0 Å². The first kappa shape index (κ1) is 30.3. The van der Waals surface area contributed by atoms with Crippen LogP contribution < -0.4 is 4.72 Å².